The van der Waals surface area contributed by atoms with Gasteiger partial charge >= 0.3 is 5.66 Å². The molecule has 0 amide bonds. The SMILES string of the molecule is C=C/C=C\C(=CC)[N+](=C)C1(C)C(C)[N+]1(OC)OC. The first-order valence-corrected chi connectivity index (χ1v) is 6.02. The lowest BCUT2D eigenvalue weighted by molar-refractivity contribution is -1.20. The van der Waals surface area contributed by atoms with E-state index in [1.807, 2.05) is 29.7 Å². The highest BCUT2D eigenvalue weighted by molar-refractivity contribution is 5.24. The first kappa shape index (κ1) is 14.8. The largest absolute Gasteiger partial charge is 0.408 e. The van der Waals surface area contributed by atoms with E-state index in [-0.39, 0.29) is 16.5 Å². The Hall–Kier alpha value is -1.23. The van der Waals surface area contributed by atoms with Crippen LogP contribution in [-0.2, 0) is 9.68 Å². The quantitative estimate of drug-likeness (QED) is 0.238. The molecule has 18 heavy (non-hydrogen) atoms. The van der Waals surface area contributed by atoms with Crippen molar-refractivity contribution < 1.29 is 19.1 Å². The van der Waals surface area contributed by atoms with Crippen LogP contribution in [0.1, 0.15) is 20.8 Å². The molecule has 100 valence electrons. The molecule has 0 aromatic rings. The molecule has 1 fully saturated rings. The van der Waals surface area contributed by atoms with Gasteiger partial charge in [-0.1, -0.05) is 18.7 Å². The van der Waals surface area contributed by atoms with E-state index in [9.17, 15) is 0 Å². The number of hydrogen-bond donors (Lipinski definition) is 0. The van der Waals surface area contributed by atoms with Gasteiger partial charge in [0.2, 0.25) is 5.70 Å². The summed E-state index contributed by atoms with van der Waals surface area (Å²) in [4.78, 5) is 11.1. The highest BCUT2D eigenvalue weighted by Crippen LogP contribution is 2.52. The van der Waals surface area contributed by atoms with Crippen LogP contribution in [0.25, 0.3) is 0 Å². The van der Waals surface area contributed by atoms with Gasteiger partial charge in [-0.15, -0.1) is 4.58 Å². The van der Waals surface area contributed by atoms with Gasteiger partial charge in [0.05, 0.1) is 21.1 Å². The van der Waals surface area contributed by atoms with Gasteiger partial charge in [0, 0.05) is 17.8 Å². The van der Waals surface area contributed by atoms with Crippen molar-refractivity contribution >= 4 is 6.72 Å². The van der Waals surface area contributed by atoms with Gasteiger partial charge in [-0.2, -0.15) is 9.68 Å². The van der Waals surface area contributed by atoms with Crippen molar-refractivity contribution in [2.75, 3.05) is 14.2 Å². The Morgan fingerprint density at radius 3 is 2.28 bits per heavy atom. The predicted molar refractivity (Wildman–Crippen MR) is 72.6 cm³/mol. The van der Waals surface area contributed by atoms with Crippen LogP contribution in [0.4, 0.5) is 0 Å². The summed E-state index contributed by atoms with van der Waals surface area (Å²) in [5.74, 6) is 0. The zero-order valence-corrected chi connectivity index (χ0v) is 12.0. The third-order valence-electron chi connectivity index (χ3n) is 3.96. The Bertz CT molecular complexity index is 408. The number of hydrogen-bond acceptors (Lipinski definition) is 2. The van der Waals surface area contributed by atoms with Gasteiger partial charge in [0.25, 0.3) is 6.04 Å². The number of quaternary nitrogens is 1. The Labute approximate surface area is 110 Å². The van der Waals surface area contributed by atoms with E-state index in [1.165, 1.54) is 0 Å². The Balaban J connectivity index is 3.05. The lowest BCUT2D eigenvalue weighted by atomic mass is 10.2. The molecule has 0 aromatic heterocycles. The standard InChI is InChI=1S/C14H24N2O2/c1-8-10-11-13(9-2)15(5)14(4)12(3)16(14,17-6)18-7/h8-12H,1,5H2,2-4,6-7H3/q+2/b11-10-,13-9?. The molecular weight excluding hydrogens is 228 g/mol. The maximum absolute atomic E-state index is 5.51. The van der Waals surface area contributed by atoms with E-state index in [0.717, 1.165) is 5.70 Å². The van der Waals surface area contributed by atoms with Gasteiger partial charge in [-0.25, -0.2) is 0 Å². The zero-order chi connectivity index (χ0) is 14.0. The molecule has 0 spiro atoms. The molecule has 1 heterocycles. The Morgan fingerprint density at radius 1 is 1.39 bits per heavy atom. The van der Waals surface area contributed by atoms with Crippen molar-refractivity contribution in [3.63, 3.8) is 0 Å². The average Bonchev–Trinajstić information content (AvgIpc) is 2.88. The second kappa shape index (κ2) is 5.18. The summed E-state index contributed by atoms with van der Waals surface area (Å²) in [5.41, 5.74) is 0.662. The monoisotopic (exact) mass is 252 g/mol. The van der Waals surface area contributed by atoms with E-state index in [1.54, 1.807) is 20.3 Å². The number of hydroxylamine groups is 4. The summed E-state index contributed by atoms with van der Waals surface area (Å²) in [5, 5.41) is 0. The molecule has 0 saturated carbocycles. The average molecular weight is 252 g/mol. The molecule has 2 atom stereocenters. The molecule has 4 nitrogen and oxygen atoms in total. The highest BCUT2D eigenvalue weighted by Gasteiger charge is 2.89. The smallest absolute Gasteiger partial charge is 0.164 e. The van der Waals surface area contributed by atoms with Crippen molar-refractivity contribution in [1.29, 1.82) is 0 Å². The minimum atomic E-state index is -0.336. The van der Waals surface area contributed by atoms with Crippen LogP contribution in [0.2, 0.25) is 0 Å². The maximum Gasteiger partial charge on any atom is 0.408 e. The van der Waals surface area contributed by atoms with Crippen molar-refractivity contribution in [2.45, 2.75) is 32.5 Å². The molecule has 4 heteroatoms. The first-order chi connectivity index (χ1) is 8.46. The minimum Gasteiger partial charge on any atom is -0.164 e. The van der Waals surface area contributed by atoms with Crippen molar-refractivity contribution in [1.82, 2.24) is 0 Å². The van der Waals surface area contributed by atoms with Gasteiger partial charge in [-0.3, -0.25) is 0 Å². The van der Waals surface area contributed by atoms with Crippen LogP contribution in [0.15, 0.2) is 36.6 Å². The fraction of sp³-hybridized carbons (Fsp3) is 0.500. The molecule has 0 bridgehead atoms. The lowest BCUT2D eigenvalue weighted by Gasteiger charge is -2.14. The van der Waals surface area contributed by atoms with Crippen LogP contribution in [0.3, 0.4) is 0 Å². The van der Waals surface area contributed by atoms with E-state index >= 15 is 0 Å². The number of allylic oxidation sites excluding steroid dienone is 4. The summed E-state index contributed by atoms with van der Waals surface area (Å²) >= 11 is 0. The third kappa shape index (κ3) is 1.77. The molecule has 1 aliphatic rings. The van der Waals surface area contributed by atoms with Gasteiger partial charge in [0.1, 0.15) is 6.72 Å². The number of rotatable bonds is 6. The van der Waals surface area contributed by atoms with Gasteiger partial charge in [-0.05, 0) is 13.0 Å². The molecule has 1 aliphatic heterocycles. The van der Waals surface area contributed by atoms with Crippen LogP contribution in [0, 0.1) is 0 Å². The summed E-state index contributed by atoms with van der Waals surface area (Å²) in [6.45, 7) is 13.9. The first-order valence-electron chi connectivity index (χ1n) is 6.02. The number of nitrogens with zero attached hydrogens (tertiary/aromatic N) is 2. The molecule has 2 unspecified atom stereocenters. The van der Waals surface area contributed by atoms with E-state index in [0.29, 0.717) is 0 Å². The molecule has 0 N–H and O–H groups in total. The van der Waals surface area contributed by atoms with Gasteiger partial charge < -0.3 is 0 Å². The van der Waals surface area contributed by atoms with Crippen molar-refractivity contribution in [3.8, 4) is 0 Å². The minimum absolute atomic E-state index is 0.121. The molecular formula is C14H24N2O2+2. The zero-order valence-electron chi connectivity index (χ0n) is 12.0. The molecule has 1 rings (SSSR count). The van der Waals surface area contributed by atoms with Crippen LogP contribution < -0.4 is 0 Å². The highest BCUT2D eigenvalue weighted by atomic mass is 17.0. The molecule has 0 aliphatic carbocycles. The second-order valence-electron chi connectivity index (χ2n) is 4.47. The molecule has 0 radical (unpaired) electrons. The maximum atomic E-state index is 5.51. The van der Waals surface area contributed by atoms with E-state index in [4.69, 9.17) is 9.68 Å². The predicted octanol–water partition coefficient (Wildman–Crippen LogP) is 2.40. The van der Waals surface area contributed by atoms with Crippen molar-refractivity contribution in [2.24, 2.45) is 0 Å². The van der Waals surface area contributed by atoms with Crippen LogP contribution in [0.5, 0.6) is 0 Å². The summed E-state index contributed by atoms with van der Waals surface area (Å²) < 4.78 is 1.94. The van der Waals surface area contributed by atoms with Crippen LogP contribution in [-0.4, -0.2) is 42.0 Å². The fourth-order valence-corrected chi connectivity index (χ4v) is 2.58. The van der Waals surface area contributed by atoms with E-state index in [2.05, 4.69) is 27.1 Å². The molecule has 1 saturated heterocycles. The van der Waals surface area contributed by atoms with Crippen LogP contribution >= 0.6 is 0 Å². The summed E-state index contributed by atoms with van der Waals surface area (Å²) in [6.07, 6.45) is 7.60. The van der Waals surface area contributed by atoms with Crippen molar-refractivity contribution in [3.05, 3.63) is 36.6 Å². The fourth-order valence-electron chi connectivity index (χ4n) is 2.58. The van der Waals surface area contributed by atoms with E-state index < -0.39 is 0 Å². The molecule has 0 aromatic carbocycles. The summed E-state index contributed by atoms with van der Waals surface area (Å²) in [7, 11) is 3.29. The second-order valence-corrected chi connectivity index (χ2v) is 4.47. The van der Waals surface area contributed by atoms with Gasteiger partial charge in [0.15, 0.2) is 0 Å². The Kier molecular flexibility index (Phi) is 4.27. The Morgan fingerprint density at radius 2 is 1.94 bits per heavy atom. The topological polar surface area (TPSA) is 21.5 Å². The summed E-state index contributed by atoms with van der Waals surface area (Å²) in [6, 6.07) is 0.178. The lowest BCUT2D eigenvalue weighted by Crippen LogP contribution is -2.39. The third-order valence-corrected chi connectivity index (χ3v) is 3.96. The normalized spacial score (nSPS) is 30.5.